The summed E-state index contributed by atoms with van der Waals surface area (Å²) >= 11 is 0. The summed E-state index contributed by atoms with van der Waals surface area (Å²) in [6.45, 7) is 3.42. The van der Waals surface area contributed by atoms with E-state index in [0.717, 1.165) is 16.8 Å². The minimum absolute atomic E-state index is 0.101. The molecule has 3 heteroatoms. The predicted octanol–water partition coefficient (Wildman–Crippen LogP) is 2.23. The molecule has 0 radical (unpaired) electrons. The maximum absolute atomic E-state index is 11.8. The molecule has 0 spiro atoms. The van der Waals surface area contributed by atoms with Crippen molar-refractivity contribution in [1.29, 1.82) is 0 Å². The van der Waals surface area contributed by atoms with Crippen molar-refractivity contribution in [3.05, 3.63) is 23.3 Å². The van der Waals surface area contributed by atoms with Crippen LogP contribution in [0.3, 0.4) is 0 Å². The Morgan fingerprint density at radius 1 is 1.31 bits per heavy atom. The molecule has 0 saturated heterocycles. The van der Waals surface area contributed by atoms with Crippen LogP contribution in [-0.2, 0) is 0 Å². The zero-order valence-corrected chi connectivity index (χ0v) is 7.93. The first-order valence-corrected chi connectivity index (χ1v) is 4.20. The molecule has 1 aromatic rings. The Labute approximate surface area is 77.5 Å². The summed E-state index contributed by atoms with van der Waals surface area (Å²) in [7, 11) is 0. The van der Waals surface area contributed by atoms with Crippen molar-refractivity contribution in [2.45, 2.75) is 13.8 Å². The molecule has 0 bridgehead atoms. The number of rotatable bonds is 3. The number of anilines is 1. The highest BCUT2D eigenvalue weighted by atomic mass is 19.1. The van der Waals surface area contributed by atoms with Crippen LogP contribution >= 0.6 is 0 Å². The van der Waals surface area contributed by atoms with Crippen LogP contribution in [0.5, 0.6) is 5.75 Å². The molecule has 1 aromatic carbocycles. The molecule has 72 valence electrons. The summed E-state index contributed by atoms with van der Waals surface area (Å²) in [6, 6.07) is 3.67. The van der Waals surface area contributed by atoms with Gasteiger partial charge < -0.3 is 10.5 Å². The average molecular weight is 183 g/mol. The molecule has 0 heterocycles. The fourth-order valence-electron chi connectivity index (χ4n) is 1.12. The molecule has 0 aromatic heterocycles. The molecule has 0 aliphatic carbocycles. The van der Waals surface area contributed by atoms with Crippen molar-refractivity contribution in [1.82, 2.24) is 0 Å². The second-order valence-corrected chi connectivity index (χ2v) is 3.01. The van der Waals surface area contributed by atoms with E-state index in [2.05, 4.69) is 0 Å². The van der Waals surface area contributed by atoms with Gasteiger partial charge in [-0.05, 0) is 37.1 Å². The number of benzene rings is 1. The first kappa shape index (κ1) is 9.84. The highest BCUT2D eigenvalue weighted by molar-refractivity contribution is 5.53. The van der Waals surface area contributed by atoms with Gasteiger partial charge in [-0.2, -0.15) is 0 Å². The van der Waals surface area contributed by atoms with E-state index < -0.39 is 6.67 Å². The molecule has 0 unspecified atom stereocenters. The fourth-order valence-corrected chi connectivity index (χ4v) is 1.12. The van der Waals surface area contributed by atoms with Gasteiger partial charge >= 0.3 is 0 Å². The third-order valence-electron chi connectivity index (χ3n) is 1.90. The van der Waals surface area contributed by atoms with Crippen molar-refractivity contribution >= 4 is 5.69 Å². The predicted molar refractivity (Wildman–Crippen MR) is 51.8 cm³/mol. The lowest BCUT2D eigenvalue weighted by Gasteiger charge is -2.09. The Kier molecular flexibility index (Phi) is 3.12. The standard InChI is InChI=1S/C10H14FNO/c1-7-6-10(13-4-3-11)8(2)5-9(7)12/h5-6H,3-4,12H2,1-2H3. The zero-order chi connectivity index (χ0) is 9.84. The molecular formula is C10H14FNO. The number of halogens is 1. The lowest BCUT2D eigenvalue weighted by atomic mass is 10.1. The lowest BCUT2D eigenvalue weighted by molar-refractivity contribution is 0.272. The topological polar surface area (TPSA) is 35.2 Å². The molecule has 0 atom stereocenters. The average Bonchev–Trinajstić information content (AvgIpc) is 2.09. The van der Waals surface area contributed by atoms with Gasteiger partial charge in [0.05, 0.1) is 0 Å². The number of aryl methyl sites for hydroxylation is 2. The van der Waals surface area contributed by atoms with Crippen molar-refractivity contribution in [2.75, 3.05) is 19.0 Å². The van der Waals surface area contributed by atoms with Crippen LogP contribution in [0.1, 0.15) is 11.1 Å². The monoisotopic (exact) mass is 183 g/mol. The van der Waals surface area contributed by atoms with Crippen LogP contribution < -0.4 is 10.5 Å². The number of nitrogens with two attached hydrogens (primary N) is 1. The molecule has 0 saturated carbocycles. The van der Waals surface area contributed by atoms with Gasteiger partial charge in [-0.3, -0.25) is 0 Å². The number of hydrogen-bond acceptors (Lipinski definition) is 2. The van der Waals surface area contributed by atoms with E-state index >= 15 is 0 Å². The molecule has 2 N–H and O–H groups in total. The highest BCUT2D eigenvalue weighted by Crippen LogP contribution is 2.23. The molecule has 0 fully saturated rings. The normalized spacial score (nSPS) is 10.1. The summed E-state index contributed by atoms with van der Waals surface area (Å²) in [5, 5.41) is 0. The van der Waals surface area contributed by atoms with Gasteiger partial charge in [0.25, 0.3) is 0 Å². The molecular weight excluding hydrogens is 169 g/mol. The summed E-state index contributed by atoms with van der Waals surface area (Å²) in [6.07, 6.45) is 0. The first-order chi connectivity index (χ1) is 6.15. The Bertz CT molecular complexity index is 299. The Morgan fingerprint density at radius 3 is 2.62 bits per heavy atom. The van der Waals surface area contributed by atoms with Gasteiger partial charge in [-0.15, -0.1) is 0 Å². The van der Waals surface area contributed by atoms with Crippen LogP contribution in [0.2, 0.25) is 0 Å². The Hall–Kier alpha value is -1.25. The van der Waals surface area contributed by atoms with Crippen molar-refractivity contribution in [2.24, 2.45) is 0 Å². The largest absolute Gasteiger partial charge is 0.491 e. The number of alkyl halides is 1. The van der Waals surface area contributed by atoms with E-state index in [1.807, 2.05) is 26.0 Å². The smallest absolute Gasteiger partial charge is 0.123 e. The van der Waals surface area contributed by atoms with Crippen LogP contribution in [0.4, 0.5) is 10.1 Å². The van der Waals surface area contributed by atoms with Gasteiger partial charge in [0, 0.05) is 5.69 Å². The van der Waals surface area contributed by atoms with E-state index in [4.69, 9.17) is 10.5 Å². The maximum Gasteiger partial charge on any atom is 0.123 e. The van der Waals surface area contributed by atoms with Gasteiger partial charge in [-0.25, -0.2) is 4.39 Å². The van der Waals surface area contributed by atoms with E-state index in [1.165, 1.54) is 0 Å². The Balaban J connectivity index is 2.88. The molecule has 2 nitrogen and oxygen atoms in total. The van der Waals surface area contributed by atoms with Gasteiger partial charge in [0.2, 0.25) is 0 Å². The lowest BCUT2D eigenvalue weighted by Crippen LogP contribution is -2.01. The van der Waals surface area contributed by atoms with Crippen LogP contribution in [-0.4, -0.2) is 13.3 Å². The third-order valence-corrected chi connectivity index (χ3v) is 1.90. The van der Waals surface area contributed by atoms with Crippen molar-refractivity contribution in [3.63, 3.8) is 0 Å². The number of ether oxygens (including phenoxy) is 1. The molecule has 13 heavy (non-hydrogen) atoms. The fraction of sp³-hybridized carbons (Fsp3) is 0.400. The number of hydrogen-bond donors (Lipinski definition) is 1. The summed E-state index contributed by atoms with van der Waals surface area (Å²) in [5.41, 5.74) is 8.33. The van der Waals surface area contributed by atoms with Gasteiger partial charge in [0.15, 0.2) is 0 Å². The minimum atomic E-state index is -0.469. The summed E-state index contributed by atoms with van der Waals surface area (Å²) in [5.74, 6) is 0.712. The zero-order valence-electron chi connectivity index (χ0n) is 7.93. The number of nitrogen functional groups attached to an aromatic ring is 1. The third kappa shape index (κ3) is 2.34. The quantitative estimate of drug-likeness (QED) is 0.729. The molecule has 1 rings (SSSR count). The van der Waals surface area contributed by atoms with E-state index in [9.17, 15) is 4.39 Å². The van der Waals surface area contributed by atoms with Crippen LogP contribution in [0.25, 0.3) is 0 Å². The highest BCUT2D eigenvalue weighted by Gasteiger charge is 2.02. The maximum atomic E-state index is 11.8. The second-order valence-electron chi connectivity index (χ2n) is 3.01. The van der Waals surface area contributed by atoms with Gasteiger partial charge in [0.1, 0.15) is 19.0 Å². The molecule has 0 aliphatic rings. The van der Waals surface area contributed by atoms with E-state index in [1.54, 1.807) is 0 Å². The molecule has 0 aliphatic heterocycles. The van der Waals surface area contributed by atoms with Crippen LogP contribution in [0, 0.1) is 13.8 Å². The first-order valence-electron chi connectivity index (χ1n) is 4.20. The minimum Gasteiger partial charge on any atom is -0.491 e. The Morgan fingerprint density at radius 2 is 2.00 bits per heavy atom. The van der Waals surface area contributed by atoms with Crippen LogP contribution in [0.15, 0.2) is 12.1 Å². The van der Waals surface area contributed by atoms with E-state index in [-0.39, 0.29) is 6.61 Å². The van der Waals surface area contributed by atoms with E-state index in [0.29, 0.717) is 5.75 Å². The van der Waals surface area contributed by atoms with Crippen molar-refractivity contribution < 1.29 is 9.13 Å². The SMILES string of the molecule is Cc1cc(OCCF)c(C)cc1N. The summed E-state index contributed by atoms with van der Waals surface area (Å²) < 4.78 is 17.0. The molecule has 0 amide bonds. The summed E-state index contributed by atoms with van der Waals surface area (Å²) in [4.78, 5) is 0. The van der Waals surface area contributed by atoms with Crippen molar-refractivity contribution in [3.8, 4) is 5.75 Å². The second kappa shape index (κ2) is 4.12. The van der Waals surface area contributed by atoms with Gasteiger partial charge in [-0.1, -0.05) is 0 Å².